The molecule has 30 heavy (non-hydrogen) atoms. The van der Waals surface area contributed by atoms with Gasteiger partial charge in [0.15, 0.2) is 0 Å². The van der Waals surface area contributed by atoms with E-state index >= 15 is 0 Å². The molecule has 2 aromatic carbocycles. The number of aliphatic hydroxyl groups is 1. The molecule has 7 heteroatoms. The molecule has 1 unspecified atom stereocenters. The number of carbonyl (C=O) groups excluding carboxylic acids is 2. The Kier molecular flexibility index (Phi) is 5.64. The molecule has 156 valence electrons. The van der Waals surface area contributed by atoms with Crippen LogP contribution in [0.25, 0.3) is 5.76 Å². The zero-order chi connectivity index (χ0) is 21.4. The maximum absolute atomic E-state index is 13.5. The highest BCUT2D eigenvalue weighted by atomic mass is 79.9. The summed E-state index contributed by atoms with van der Waals surface area (Å²) in [6.07, 6.45) is 3.57. The summed E-state index contributed by atoms with van der Waals surface area (Å²) in [5.74, 6) is -1.43. The van der Waals surface area contributed by atoms with Gasteiger partial charge in [-0.1, -0.05) is 25.0 Å². The Morgan fingerprint density at radius 3 is 2.40 bits per heavy atom. The summed E-state index contributed by atoms with van der Waals surface area (Å²) in [5.41, 5.74) is 1.01. The molecule has 2 aliphatic rings. The number of rotatable bonds is 4. The molecule has 1 N–H and O–H groups in total. The SMILES string of the molecule is COc1ccc(/C(O)=C2/C(=O)C(=O)N(C3CCCC3)C2c2ccc(F)cc2)cc1Br. The molecule has 1 saturated heterocycles. The maximum Gasteiger partial charge on any atom is 0.295 e. The number of Topliss-reactive ketones (excluding diaryl/α,β-unsaturated/α-hetero) is 1. The third-order valence-electron chi connectivity index (χ3n) is 5.81. The summed E-state index contributed by atoms with van der Waals surface area (Å²) >= 11 is 3.38. The van der Waals surface area contributed by atoms with E-state index in [1.54, 1.807) is 35.2 Å². The van der Waals surface area contributed by atoms with Gasteiger partial charge < -0.3 is 14.7 Å². The lowest BCUT2D eigenvalue weighted by atomic mass is 9.94. The van der Waals surface area contributed by atoms with E-state index < -0.39 is 23.5 Å². The van der Waals surface area contributed by atoms with Gasteiger partial charge in [-0.15, -0.1) is 0 Å². The van der Waals surface area contributed by atoms with Crippen molar-refractivity contribution in [3.05, 3.63) is 69.5 Å². The molecule has 1 aliphatic carbocycles. The second kappa shape index (κ2) is 8.22. The minimum Gasteiger partial charge on any atom is -0.507 e. The number of ether oxygens (including phenoxy) is 1. The first-order valence-corrected chi connectivity index (χ1v) is 10.6. The van der Waals surface area contributed by atoms with E-state index in [1.807, 2.05) is 0 Å². The number of ketones is 1. The molecule has 2 aromatic rings. The van der Waals surface area contributed by atoms with E-state index in [9.17, 15) is 19.1 Å². The van der Waals surface area contributed by atoms with Crippen LogP contribution in [0.2, 0.25) is 0 Å². The summed E-state index contributed by atoms with van der Waals surface area (Å²) in [7, 11) is 1.53. The Balaban J connectivity index is 1.87. The van der Waals surface area contributed by atoms with Gasteiger partial charge in [-0.3, -0.25) is 9.59 Å². The lowest BCUT2D eigenvalue weighted by Gasteiger charge is -2.30. The van der Waals surface area contributed by atoms with Crippen LogP contribution in [0, 0.1) is 5.82 Å². The Morgan fingerprint density at radius 1 is 1.13 bits per heavy atom. The molecule has 1 aliphatic heterocycles. The van der Waals surface area contributed by atoms with Crippen LogP contribution in [-0.4, -0.2) is 34.8 Å². The van der Waals surface area contributed by atoms with Crippen LogP contribution in [0.1, 0.15) is 42.9 Å². The highest BCUT2D eigenvalue weighted by molar-refractivity contribution is 9.10. The van der Waals surface area contributed by atoms with Gasteiger partial charge in [0, 0.05) is 11.6 Å². The average Bonchev–Trinajstić information content (AvgIpc) is 3.35. The number of amides is 1. The van der Waals surface area contributed by atoms with Gasteiger partial charge in [0.1, 0.15) is 17.3 Å². The van der Waals surface area contributed by atoms with Crippen LogP contribution in [0.4, 0.5) is 4.39 Å². The van der Waals surface area contributed by atoms with Crippen molar-refractivity contribution >= 4 is 33.4 Å². The number of hydrogen-bond acceptors (Lipinski definition) is 4. The minimum absolute atomic E-state index is 0.0237. The molecule has 1 heterocycles. The number of nitrogens with zero attached hydrogens (tertiary/aromatic N) is 1. The Morgan fingerprint density at radius 2 is 1.80 bits per heavy atom. The smallest absolute Gasteiger partial charge is 0.295 e. The number of halogens is 2. The third kappa shape index (κ3) is 3.51. The van der Waals surface area contributed by atoms with Gasteiger partial charge in [0.2, 0.25) is 0 Å². The zero-order valence-electron chi connectivity index (χ0n) is 16.4. The van der Waals surface area contributed by atoms with Crippen molar-refractivity contribution in [3.8, 4) is 5.75 Å². The van der Waals surface area contributed by atoms with E-state index in [4.69, 9.17) is 4.74 Å². The van der Waals surface area contributed by atoms with Crippen molar-refractivity contribution in [2.75, 3.05) is 7.11 Å². The molecule has 0 radical (unpaired) electrons. The summed E-state index contributed by atoms with van der Waals surface area (Å²) in [5, 5.41) is 11.1. The summed E-state index contributed by atoms with van der Waals surface area (Å²) in [6, 6.07) is 9.82. The Labute approximate surface area is 182 Å². The average molecular weight is 474 g/mol. The van der Waals surface area contributed by atoms with Gasteiger partial charge in [-0.25, -0.2) is 4.39 Å². The summed E-state index contributed by atoms with van der Waals surface area (Å²) in [6.45, 7) is 0. The van der Waals surface area contributed by atoms with E-state index in [2.05, 4.69) is 15.9 Å². The molecule has 0 spiro atoms. The second-order valence-corrected chi connectivity index (χ2v) is 8.40. The summed E-state index contributed by atoms with van der Waals surface area (Å²) in [4.78, 5) is 27.6. The third-order valence-corrected chi connectivity index (χ3v) is 6.43. The summed E-state index contributed by atoms with van der Waals surface area (Å²) < 4.78 is 19.4. The highest BCUT2D eigenvalue weighted by Crippen LogP contribution is 2.43. The number of likely N-dealkylation sites (tertiary alicyclic amines) is 1. The van der Waals surface area contributed by atoms with Gasteiger partial charge in [0.05, 0.1) is 23.2 Å². The largest absolute Gasteiger partial charge is 0.507 e. The lowest BCUT2D eigenvalue weighted by Crippen LogP contribution is -2.37. The molecule has 1 saturated carbocycles. The quantitative estimate of drug-likeness (QED) is 0.387. The van der Waals surface area contributed by atoms with Gasteiger partial charge in [-0.05, 0) is 64.7 Å². The van der Waals surface area contributed by atoms with Crippen LogP contribution >= 0.6 is 15.9 Å². The van der Waals surface area contributed by atoms with Crippen LogP contribution < -0.4 is 4.74 Å². The topological polar surface area (TPSA) is 66.8 Å². The van der Waals surface area contributed by atoms with Crippen LogP contribution in [0.15, 0.2) is 52.5 Å². The minimum atomic E-state index is -0.755. The second-order valence-electron chi connectivity index (χ2n) is 7.55. The van der Waals surface area contributed by atoms with Crippen molar-refractivity contribution in [2.24, 2.45) is 0 Å². The van der Waals surface area contributed by atoms with Crippen molar-refractivity contribution in [3.63, 3.8) is 0 Å². The van der Waals surface area contributed by atoms with E-state index in [0.717, 1.165) is 25.7 Å². The molecule has 5 nitrogen and oxygen atoms in total. The fourth-order valence-corrected chi connectivity index (χ4v) is 4.89. The number of benzene rings is 2. The number of hydrogen-bond donors (Lipinski definition) is 1. The number of aliphatic hydroxyl groups excluding tert-OH is 1. The first-order valence-electron chi connectivity index (χ1n) is 9.82. The molecule has 0 bridgehead atoms. The predicted molar refractivity (Wildman–Crippen MR) is 113 cm³/mol. The first-order chi connectivity index (χ1) is 14.4. The van der Waals surface area contributed by atoms with Crippen LogP contribution in [0.5, 0.6) is 5.75 Å². The predicted octanol–water partition coefficient (Wildman–Crippen LogP) is 4.96. The zero-order valence-corrected chi connectivity index (χ0v) is 18.0. The van der Waals surface area contributed by atoms with Gasteiger partial charge in [-0.2, -0.15) is 0 Å². The normalized spacial score (nSPS) is 21.4. The fourth-order valence-electron chi connectivity index (χ4n) is 4.35. The van der Waals surface area contributed by atoms with Crippen molar-refractivity contribution in [1.29, 1.82) is 0 Å². The van der Waals surface area contributed by atoms with Crippen molar-refractivity contribution < 1.29 is 23.8 Å². The van der Waals surface area contributed by atoms with Crippen LogP contribution in [-0.2, 0) is 9.59 Å². The molecule has 1 amide bonds. The van der Waals surface area contributed by atoms with E-state index in [0.29, 0.717) is 21.3 Å². The molecule has 4 rings (SSSR count). The monoisotopic (exact) mass is 473 g/mol. The molecular formula is C23H21BrFNO4. The first kappa shape index (κ1) is 20.6. The molecule has 2 fully saturated rings. The molecule has 0 aromatic heterocycles. The van der Waals surface area contributed by atoms with E-state index in [-0.39, 0.29) is 17.4 Å². The van der Waals surface area contributed by atoms with Crippen molar-refractivity contribution in [2.45, 2.75) is 37.8 Å². The lowest BCUT2D eigenvalue weighted by molar-refractivity contribution is -0.141. The standard InChI is InChI=1S/C23H21BrFNO4/c1-30-18-11-8-14(12-17(18)24)21(27)19-20(13-6-9-15(25)10-7-13)26(23(29)22(19)28)16-4-2-3-5-16/h6-12,16,20,27H,2-5H2,1H3/b21-19-. The number of carbonyl (C=O) groups is 2. The molecule has 1 atom stereocenters. The molecular weight excluding hydrogens is 453 g/mol. The fraction of sp³-hybridized carbons (Fsp3) is 0.304. The highest BCUT2D eigenvalue weighted by Gasteiger charge is 2.49. The van der Waals surface area contributed by atoms with Crippen LogP contribution in [0.3, 0.4) is 0 Å². The van der Waals surface area contributed by atoms with Crippen molar-refractivity contribution in [1.82, 2.24) is 4.90 Å². The van der Waals surface area contributed by atoms with E-state index in [1.165, 1.54) is 19.2 Å². The van der Waals surface area contributed by atoms with Gasteiger partial charge in [0.25, 0.3) is 11.7 Å². The maximum atomic E-state index is 13.5. The Bertz CT molecular complexity index is 1030. The Hall–Kier alpha value is -2.67. The number of methoxy groups -OCH3 is 1. The van der Waals surface area contributed by atoms with Gasteiger partial charge >= 0.3 is 0 Å².